The molecule has 150 valence electrons. The van der Waals surface area contributed by atoms with E-state index in [1.807, 2.05) is 12.3 Å². The Morgan fingerprint density at radius 2 is 1.86 bits per heavy atom. The van der Waals surface area contributed by atoms with E-state index in [0.717, 1.165) is 12.8 Å². The van der Waals surface area contributed by atoms with Gasteiger partial charge in [-0.15, -0.1) is 11.3 Å². The van der Waals surface area contributed by atoms with Gasteiger partial charge in [-0.2, -0.15) is 0 Å². The van der Waals surface area contributed by atoms with Gasteiger partial charge in [-0.25, -0.2) is 4.79 Å². The zero-order valence-corrected chi connectivity index (χ0v) is 17.2. The van der Waals surface area contributed by atoms with Gasteiger partial charge in [0.15, 0.2) is 6.61 Å². The van der Waals surface area contributed by atoms with Crippen molar-refractivity contribution in [2.24, 2.45) is 5.92 Å². The third-order valence-electron chi connectivity index (χ3n) is 4.02. The predicted octanol–water partition coefficient (Wildman–Crippen LogP) is 4.10. The fourth-order valence-electron chi connectivity index (χ4n) is 2.51. The molecule has 0 aliphatic carbocycles. The monoisotopic (exact) mass is 402 g/mol. The van der Waals surface area contributed by atoms with Gasteiger partial charge >= 0.3 is 5.97 Å². The molecule has 1 aromatic carbocycles. The summed E-state index contributed by atoms with van der Waals surface area (Å²) < 4.78 is 5.09. The fraction of sp³-hybridized carbons (Fsp3) is 0.381. The zero-order valence-electron chi connectivity index (χ0n) is 16.4. The molecule has 0 saturated heterocycles. The number of anilines is 1. The first-order valence-electron chi connectivity index (χ1n) is 9.26. The molecule has 7 heteroatoms. The normalized spacial score (nSPS) is 11.7. The minimum atomic E-state index is -0.614. The number of carbonyl (C=O) groups excluding carboxylic acids is 3. The van der Waals surface area contributed by atoms with Gasteiger partial charge in [0.05, 0.1) is 10.4 Å². The lowest BCUT2D eigenvalue weighted by atomic mass is 10.0. The Hall–Kier alpha value is -2.67. The quantitative estimate of drug-likeness (QED) is 0.619. The van der Waals surface area contributed by atoms with E-state index >= 15 is 0 Å². The third-order valence-corrected chi connectivity index (χ3v) is 4.89. The van der Waals surface area contributed by atoms with E-state index in [9.17, 15) is 14.4 Å². The Kier molecular flexibility index (Phi) is 8.19. The van der Waals surface area contributed by atoms with Crippen LogP contribution >= 0.6 is 11.3 Å². The van der Waals surface area contributed by atoms with Gasteiger partial charge in [-0.3, -0.25) is 9.59 Å². The number of nitrogens with one attached hydrogen (secondary N) is 2. The van der Waals surface area contributed by atoms with Crippen LogP contribution < -0.4 is 10.6 Å². The van der Waals surface area contributed by atoms with Crippen LogP contribution in [-0.4, -0.2) is 30.4 Å². The van der Waals surface area contributed by atoms with Gasteiger partial charge in [0.2, 0.25) is 0 Å². The minimum absolute atomic E-state index is 0.0318. The third kappa shape index (κ3) is 7.15. The maximum Gasteiger partial charge on any atom is 0.338 e. The lowest BCUT2D eigenvalue weighted by Crippen LogP contribution is -2.36. The van der Waals surface area contributed by atoms with Crippen LogP contribution in [0.2, 0.25) is 0 Å². The highest BCUT2D eigenvalue weighted by molar-refractivity contribution is 7.12. The lowest BCUT2D eigenvalue weighted by Gasteiger charge is -2.15. The van der Waals surface area contributed by atoms with Crippen LogP contribution in [0.5, 0.6) is 0 Å². The van der Waals surface area contributed by atoms with E-state index < -0.39 is 5.97 Å². The van der Waals surface area contributed by atoms with Gasteiger partial charge in [-0.1, -0.05) is 26.0 Å². The number of thiophene rings is 1. The fourth-order valence-corrected chi connectivity index (χ4v) is 3.13. The summed E-state index contributed by atoms with van der Waals surface area (Å²) >= 11 is 1.33. The molecule has 0 unspecified atom stereocenters. The Morgan fingerprint density at radius 3 is 2.54 bits per heavy atom. The maximum absolute atomic E-state index is 12.2. The van der Waals surface area contributed by atoms with E-state index in [1.54, 1.807) is 30.3 Å². The van der Waals surface area contributed by atoms with Crippen molar-refractivity contribution in [2.45, 2.75) is 39.7 Å². The number of ether oxygens (including phenoxy) is 1. The van der Waals surface area contributed by atoms with Crippen LogP contribution in [0.25, 0.3) is 0 Å². The number of carbonyl (C=O) groups is 3. The highest BCUT2D eigenvalue weighted by atomic mass is 32.1. The van der Waals surface area contributed by atoms with Crippen LogP contribution in [0, 0.1) is 5.92 Å². The first-order valence-corrected chi connectivity index (χ1v) is 10.1. The van der Waals surface area contributed by atoms with Gasteiger partial charge in [-0.05, 0) is 55.3 Å². The standard InChI is InChI=1S/C21H26N2O4S/c1-14(2)9-10-15(3)22-19(24)13-27-21(26)16-6-4-7-17(12-16)23-20(25)18-8-5-11-28-18/h4-8,11-12,14-15H,9-10,13H2,1-3H3,(H,22,24)(H,23,25)/t15-/m1/s1. The molecule has 0 radical (unpaired) electrons. The Balaban J connectivity index is 1.83. The molecule has 1 heterocycles. The summed E-state index contributed by atoms with van der Waals surface area (Å²) in [6.45, 7) is 5.86. The topological polar surface area (TPSA) is 84.5 Å². The average molecular weight is 403 g/mol. The van der Waals surface area contributed by atoms with Crippen molar-refractivity contribution in [3.05, 3.63) is 52.2 Å². The molecule has 2 rings (SSSR count). The molecular formula is C21H26N2O4S. The average Bonchev–Trinajstić information content (AvgIpc) is 3.19. The summed E-state index contributed by atoms with van der Waals surface area (Å²) in [6.07, 6.45) is 1.90. The van der Waals surface area contributed by atoms with E-state index in [0.29, 0.717) is 16.5 Å². The van der Waals surface area contributed by atoms with Crippen molar-refractivity contribution in [2.75, 3.05) is 11.9 Å². The Labute approximate surface area is 169 Å². The largest absolute Gasteiger partial charge is 0.452 e. The molecule has 6 nitrogen and oxygen atoms in total. The number of amides is 2. The maximum atomic E-state index is 12.2. The predicted molar refractivity (Wildman–Crippen MR) is 111 cm³/mol. The van der Waals surface area contributed by atoms with Crippen LogP contribution in [0.15, 0.2) is 41.8 Å². The summed E-state index contributed by atoms with van der Waals surface area (Å²) in [5.74, 6) is -0.607. The Bertz CT molecular complexity index is 802. The summed E-state index contributed by atoms with van der Waals surface area (Å²) in [4.78, 5) is 36.8. The smallest absolute Gasteiger partial charge is 0.338 e. The second-order valence-electron chi connectivity index (χ2n) is 7.03. The SMILES string of the molecule is CC(C)CC[C@@H](C)NC(=O)COC(=O)c1cccc(NC(=O)c2cccs2)c1. The van der Waals surface area contributed by atoms with Crippen molar-refractivity contribution in [3.8, 4) is 0 Å². The summed E-state index contributed by atoms with van der Waals surface area (Å²) in [7, 11) is 0. The molecule has 28 heavy (non-hydrogen) atoms. The molecule has 1 aromatic heterocycles. The van der Waals surface area contributed by atoms with Crippen molar-refractivity contribution < 1.29 is 19.1 Å². The second-order valence-corrected chi connectivity index (χ2v) is 7.98. The van der Waals surface area contributed by atoms with Gasteiger partial charge in [0.1, 0.15) is 0 Å². The minimum Gasteiger partial charge on any atom is -0.452 e. The lowest BCUT2D eigenvalue weighted by molar-refractivity contribution is -0.124. The molecule has 0 aliphatic heterocycles. The molecule has 2 aromatic rings. The Morgan fingerprint density at radius 1 is 1.07 bits per heavy atom. The van der Waals surface area contributed by atoms with Crippen molar-refractivity contribution in [3.63, 3.8) is 0 Å². The van der Waals surface area contributed by atoms with E-state index in [-0.39, 0.29) is 30.0 Å². The first kappa shape index (κ1) is 21.6. The number of esters is 1. The van der Waals surface area contributed by atoms with E-state index in [1.165, 1.54) is 17.4 Å². The number of rotatable bonds is 9. The summed E-state index contributed by atoms with van der Waals surface area (Å²) in [6, 6.07) is 9.98. The van der Waals surface area contributed by atoms with E-state index in [4.69, 9.17) is 4.74 Å². The highest BCUT2D eigenvalue weighted by Crippen LogP contribution is 2.15. The molecule has 0 spiro atoms. The van der Waals surface area contributed by atoms with Crippen LogP contribution in [0.1, 0.15) is 53.6 Å². The summed E-state index contributed by atoms with van der Waals surface area (Å²) in [5, 5.41) is 7.38. The number of benzene rings is 1. The van der Waals surface area contributed by atoms with Crippen molar-refractivity contribution >= 4 is 34.8 Å². The molecule has 2 amide bonds. The van der Waals surface area contributed by atoms with Crippen molar-refractivity contribution in [1.82, 2.24) is 5.32 Å². The molecule has 0 saturated carbocycles. The molecular weight excluding hydrogens is 376 g/mol. The zero-order chi connectivity index (χ0) is 20.5. The van der Waals surface area contributed by atoms with Crippen LogP contribution in [0.4, 0.5) is 5.69 Å². The molecule has 2 N–H and O–H groups in total. The molecule has 1 atom stereocenters. The van der Waals surface area contributed by atoms with Gasteiger partial charge in [0, 0.05) is 11.7 Å². The van der Waals surface area contributed by atoms with E-state index in [2.05, 4.69) is 24.5 Å². The van der Waals surface area contributed by atoms with Gasteiger partial charge < -0.3 is 15.4 Å². The highest BCUT2D eigenvalue weighted by Gasteiger charge is 2.14. The summed E-state index contributed by atoms with van der Waals surface area (Å²) in [5.41, 5.74) is 0.754. The molecule has 0 bridgehead atoms. The van der Waals surface area contributed by atoms with Gasteiger partial charge in [0.25, 0.3) is 11.8 Å². The second kappa shape index (κ2) is 10.6. The number of hydrogen-bond acceptors (Lipinski definition) is 5. The molecule has 0 fully saturated rings. The van der Waals surface area contributed by atoms with Crippen molar-refractivity contribution in [1.29, 1.82) is 0 Å². The number of hydrogen-bond donors (Lipinski definition) is 2. The van der Waals surface area contributed by atoms with Crippen LogP contribution in [-0.2, 0) is 9.53 Å². The first-order chi connectivity index (χ1) is 13.3. The molecule has 0 aliphatic rings. The van der Waals surface area contributed by atoms with Crippen LogP contribution in [0.3, 0.4) is 0 Å².